The van der Waals surface area contributed by atoms with Crippen LogP contribution >= 0.6 is 0 Å². The Balaban J connectivity index is 1.92. The number of pyridine rings is 1. The predicted octanol–water partition coefficient (Wildman–Crippen LogP) is 1.19. The van der Waals surface area contributed by atoms with E-state index < -0.39 is 17.8 Å². The van der Waals surface area contributed by atoms with Gasteiger partial charge in [0.05, 0.1) is 24.2 Å². The number of aliphatic carboxylic acids is 2. The van der Waals surface area contributed by atoms with Gasteiger partial charge >= 0.3 is 11.9 Å². The van der Waals surface area contributed by atoms with Gasteiger partial charge in [-0.2, -0.15) is 0 Å². The van der Waals surface area contributed by atoms with E-state index in [9.17, 15) is 14.4 Å². The van der Waals surface area contributed by atoms with Crippen molar-refractivity contribution in [2.24, 2.45) is 5.92 Å². The summed E-state index contributed by atoms with van der Waals surface area (Å²) in [7, 11) is 0. The van der Waals surface area contributed by atoms with Crippen LogP contribution < -0.4 is 10.2 Å². The highest BCUT2D eigenvalue weighted by molar-refractivity contribution is 5.91. The molecule has 1 aromatic heterocycles. The Labute approximate surface area is 133 Å². The van der Waals surface area contributed by atoms with Gasteiger partial charge in [-0.15, -0.1) is 0 Å². The first-order valence-corrected chi connectivity index (χ1v) is 7.41. The second kappa shape index (κ2) is 7.57. The smallest absolute Gasteiger partial charge is 0.308 e. The molecule has 1 aliphatic heterocycles. The lowest BCUT2D eigenvalue weighted by molar-refractivity contribution is -0.142. The number of nitrogens with zero attached hydrogens (tertiary/aromatic N) is 2. The highest BCUT2D eigenvalue weighted by Crippen LogP contribution is 2.23. The molecule has 23 heavy (non-hydrogen) atoms. The summed E-state index contributed by atoms with van der Waals surface area (Å²) in [4.78, 5) is 39.1. The average molecular weight is 321 g/mol. The van der Waals surface area contributed by atoms with Crippen LogP contribution in [-0.4, -0.2) is 46.1 Å². The summed E-state index contributed by atoms with van der Waals surface area (Å²) in [5.74, 6) is -2.25. The lowest BCUT2D eigenvalue weighted by atomic mass is 9.98. The number of carboxylic acid groups (broad SMARTS) is 2. The Hall–Kier alpha value is -2.64. The van der Waals surface area contributed by atoms with Crippen LogP contribution in [0.5, 0.6) is 0 Å². The van der Waals surface area contributed by atoms with Crippen LogP contribution in [0.25, 0.3) is 0 Å². The van der Waals surface area contributed by atoms with E-state index in [0.29, 0.717) is 18.8 Å². The number of rotatable bonds is 6. The number of nitrogens with one attached hydrogen (secondary N) is 1. The molecule has 0 spiro atoms. The lowest BCUT2D eigenvalue weighted by Crippen LogP contribution is -2.38. The van der Waals surface area contributed by atoms with E-state index in [0.717, 1.165) is 18.7 Å². The third kappa shape index (κ3) is 4.94. The largest absolute Gasteiger partial charge is 0.481 e. The van der Waals surface area contributed by atoms with Crippen LogP contribution in [0, 0.1) is 5.92 Å². The fourth-order valence-corrected chi connectivity index (χ4v) is 2.49. The van der Waals surface area contributed by atoms with E-state index in [1.54, 1.807) is 18.3 Å². The third-order valence-corrected chi connectivity index (χ3v) is 3.72. The van der Waals surface area contributed by atoms with Gasteiger partial charge in [-0.3, -0.25) is 14.4 Å². The van der Waals surface area contributed by atoms with Crippen molar-refractivity contribution < 1.29 is 24.6 Å². The van der Waals surface area contributed by atoms with Gasteiger partial charge in [0.1, 0.15) is 5.82 Å². The molecule has 0 bridgehead atoms. The number of carbonyl (C=O) groups excluding carboxylic acids is 1. The second-order valence-corrected chi connectivity index (χ2v) is 5.47. The molecule has 1 amide bonds. The third-order valence-electron chi connectivity index (χ3n) is 3.72. The van der Waals surface area contributed by atoms with Gasteiger partial charge in [0.15, 0.2) is 0 Å². The van der Waals surface area contributed by atoms with Crippen molar-refractivity contribution in [1.82, 2.24) is 4.98 Å². The topological polar surface area (TPSA) is 120 Å². The molecular formula is C15H19N3O5. The predicted molar refractivity (Wildman–Crippen MR) is 82.3 cm³/mol. The second-order valence-electron chi connectivity index (χ2n) is 5.47. The Morgan fingerprint density at radius 2 is 2.04 bits per heavy atom. The Bertz CT molecular complexity index is 587. The summed E-state index contributed by atoms with van der Waals surface area (Å²) in [6.45, 7) is 1.22. The minimum absolute atomic E-state index is 0.106. The molecule has 1 fully saturated rings. The number of carbonyl (C=O) groups is 3. The van der Waals surface area contributed by atoms with E-state index in [2.05, 4.69) is 10.3 Å². The number of amides is 1. The maximum atomic E-state index is 11.5. The summed E-state index contributed by atoms with van der Waals surface area (Å²) >= 11 is 0. The molecule has 2 heterocycles. The zero-order valence-electron chi connectivity index (χ0n) is 12.6. The quantitative estimate of drug-likeness (QED) is 0.719. The Morgan fingerprint density at radius 1 is 1.26 bits per heavy atom. The van der Waals surface area contributed by atoms with Crippen LogP contribution in [-0.2, 0) is 14.4 Å². The molecule has 0 aromatic carbocycles. The van der Waals surface area contributed by atoms with E-state index in [1.165, 1.54) is 0 Å². The van der Waals surface area contributed by atoms with Crippen LogP contribution in [0.1, 0.15) is 25.7 Å². The molecule has 8 heteroatoms. The lowest BCUT2D eigenvalue weighted by Gasteiger charge is -2.32. The molecule has 124 valence electrons. The number of hydrogen-bond acceptors (Lipinski definition) is 5. The normalized spacial score (nSPS) is 17.6. The molecule has 0 aliphatic carbocycles. The zero-order valence-corrected chi connectivity index (χ0v) is 12.6. The number of aromatic nitrogens is 1. The molecule has 3 N–H and O–H groups in total. The van der Waals surface area contributed by atoms with Gasteiger partial charge in [-0.1, -0.05) is 0 Å². The molecular weight excluding hydrogens is 302 g/mol. The van der Waals surface area contributed by atoms with Gasteiger partial charge in [0, 0.05) is 19.5 Å². The van der Waals surface area contributed by atoms with Gasteiger partial charge in [0.2, 0.25) is 5.91 Å². The number of anilines is 2. The molecule has 1 saturated heterocycles. The molecule has 1 unspecified atom stereocenters. The molecule has 0 saturated carbocycles. The van der Waals surface area contributed by atoms with Gasteiger partial charge < -0.3 is 20.4 Å². The number of piperidine rings is 1. The Morgan fingerprint density at radius 3 is 2.65 bits per heavy atom. The molecule has 1 aliphatic rings. The van der Waals surface area contributed by atoms with E-state index >= 15 is 0 Å². The molecule has 8 nitrogen and oxygen atoms in total. The van der Waals surface area contributed by atoms with Gasteiger partial charge in [-0.05, 0) is 25.0 Å². The number of carboxylic acids is 2. The monoisotopic (exact) mass is 321 g/mol. The van der Waals surface area contributed by atoms with Crippen LogP contribution in [0.3, 0.4) is 0 Å². The van der Waals surface area contributed by atoms with Crippen molar-refractivity contribution in [2.45, 2.75) is 25.7 Å². The SMILES string of the molecule is O=C(O)CCC(=O)Nc1ccc(N2CCCC(C(=O)O)C2)cn1. The van der Waals surface area contributed by atoms with Crippen LogP contribution in [0.15, 0.2) is 18.3 Å². The van der Waals surface area contributed by atoms with Crippen molar-refractivity contribution in [1.29, 1.82) is 0 Å². The molecule has 2 rings (SSSR count). The van der Waals surface area contributed by atoms with Crippen molar-refractivity contribution in [2.75, 3.05) is 23.3 Å². The summed E-state index contributed by atoms with van der Waals surface area (Å²) in [5.41, 5.74) is 0.805. The highest BCUT2D eigenvalue weighted by atomic mass is 16.4. The zero-order chi connectivity index (χ0) is 16.8. The molecule has 0 radical (unpaired) electrons. The van der Waals surface area contributed by atoms with Crippen molar-refractivity contribution >= 4 is 29.4 Å². The summed E-state index contributed by atoms with van der Waals surface area (Å²) < 4.78 is 0. The van der Waals surface area contributed by atoms with E-state index in [1.807, 2.05) is 4.90 Å². The Kier molecular flexibility index (Phi) is 5.51. The van der Waals surface area contributed by atoms with Gasteiger partial charge in [0.25, 0.3) is 0 Å². The van der Waals surface area contributed by atoms with Crippen LogP contribution in [0.2, 0.25) is 0 Å². The first kappa shape index (κ1) is 16.7. The standard InChI is InChI=1S/C15H19N3O5/c19-13(5-6-14(20)21)17-12-4-3-11(8-16-12)18-7-1-2-10(9-18)15(22)23/h3-4,8,10H,1-2,5-7,9H2,(H,20,21)(H,22,23)(H,16,17,19). The fourth-order valence-electron chi connectivity index (χ4n) is 2.49. The average Bonchev–Trinajstić information content (AvgIpc) is 2.54. The van der Waals surface area contributed by atoms with Crippen LogP contribution in [0.4, 0.5) is 11.5 Å². The maximum Gasteiger partial charge on any atom is 0.308 e. The van der Waals surface area contributed by atoms with Crippen molar-refractivity contribution in [3.8, 4) is 0 Å². The first-order valence-electron chi connectivity index (χ1n) is 7.41. The summed E-state index contributed by atoms with van der Waals surface area (Å²) in [6.07, 6.45) is 2.73. The summed E-state index contributed by atoms with van der Waals surface area (Å²) in [6, 6.07) is 3.39. The fraction of sp³-hybridized carbons (Fsp3) is 0.467. The van der Waals surface area contributed by atoms with E-state index in [4.69, 9.17) is 10.2 Å². The minimum atomic E-state index is -1.03. The first-order chi connectivity index (χ1) is 11.0. The van der Waals surface area contributed by atoms with E-state index in [-0.39, 0.29) is 18.8 Å². The molecule has 1 atom stereocenters. The summed E-state index contributed by atoms with van der Waals surface area (Å²) in [5, 5.41) is 20.2. The molecule has 1 aromatic rings. The van der Waals surface area contributed by atoms with Crippen molar-refractivity contribution in [3.63, 3.8) is 0 Å². The highest BCUT2D eigenvalue weighted by Gasteiger charge is 2.25. The minimum Gasteiger partial charge on any atom is -0.481 e. The van der Waals surface area contributed by atoms with Gasteiger partial charge in [-0.25, -0.2) is 4.98 Å². The van der Waals surface area contributed by atoms with Crippen molar-refractivity contribution in [3.05, 3.63) is 18.3 Å². The number of hydrogen-bond donors (Lipinski definition) is 3. The maximum absolute atomic E-state index is 11.5.